The molecule has 1 aromatic rings. The third-order valence-corrected chi connectivity index (χ3v) is 4.63. The summed E-state index contributed by atoms with van der Waals surface area (Å²) in [6, 6.07) is 2.47. The molecule has 5 heteroatoms. The van der Waals surface area contributed by atoms with Gasteiger partial charge in [-0.2, -0.15) is 0 Å². The number of rotatable bonds is 5. The maximum atomic E-state index is 12.6. The Kier molecular flexibility index (Phi) is 5.43. The van der Waals surface area contributed by atoms with Crippen LogP contribution in [0.1, 0.15) is 42.8 Å². The monoisotopic (exact) mass is 296 g/mol. The highest BCUT2D eigenvalue weighted by Gasteiger charge is 2.24. The van der Waals surface area contributed by atoms with Crippen LogP contribution in [-0.2, 0) is 0 Å². The second kappa shape index (κ2) is 7.09. The van der Waals surface area contributed by atoms with E-state index in [0.717, 1.165) is 30.1 Å². The predicted octanol–water partition coefficient (Wildman–Crippen LogP) is 2.75. The smallest absolute Gasteiger partial charge is 0.264 e. The molecule has 1 amide bonds. The zero-order chi connectivity index (χ0) is 14.5. The van der Waals surface area contributed by atoms with Gasteiger partial charge in [0.1, 0.15) is 5.75 Å². The van der Waals surface area contributed by atoms with Gasteiger partial charge in [-0.15, -0.1) is 11.3 Å². The molecule has 1 aliphatic heterocycles. The summed E-state index contributed by atoms with van der Waals surface area (Å²) in [5.74, 6) is 0.874. The van der Waals surface area contributed by atoms with Crippen LogP contribution in [-0.4, -0.2) is 43.1 Å². The number of piperidine rings is 1. The molecule has 1 N–H and O–H groups in total. The minimum Gasteiger partial charge on any atom is -0.496 e. The molecule has 1 unspecified atom stereocenters. The Morgan fingerprint density at radius 3 is 2.90 bits per heavy atom. The number of hydrogen-bond donors (Lipinski definition) is 1. The summed E-state index contributed by atoms with van der Waals surface area (Å²) in [5, 5.41) is 5.39. The van der Waals surface area contributed by atoms with Gasteiger partial charge in [0.25, 0.3) is 5.91 Å². The molecule has 4 nitrogen and oxygen atoms in total. The van der Waals surface area contributed by atoms with Gasteiger partial charge in [-0.3, -0.25) is 4.79 Å². The molecule has 20 heavy (non-hydrogen) atoms. The number of amides is 1. The Hall–Kier alpha value is -1.07. The number of methoxy groups -OCH3 is 1. The summed E-state index contributed by atoms with van der Waals surface area (Å²) in [6.45, 7) is 6.01. The van der Waals surface area contributed by atoms with Gasteiger partial charge in [0.05, 0.1) is 12.0 Å². The Morgan fingerprint density at radius 2 is 2.35 bits per heavy atom. The number of carbonyl (C=O) groups is 1. The minimum atomic E-state index is 0.112. The quantitative estimate of drug-likeness (QED) is 0.908. The van der Waals surface area contributed by atoms with Gasteiger partial charge in [0, 0.05) is 30.1 Å². The number of nitrogens with zero attached hydrogens (tertiary/aromatic N) is 1. The molecule has 1 saturated heterocycles. The number of thiophene rings is 1. The van der Waals surface area contributed by atoms with Crippen LogP contribution in [0.15, 0.2) is 11.4 Å². The first kappa shape index (κ1) is 15.3. The van der Waals surface area contributed by atoms with Crippen molar-refractivity contribution in [1.82, 2.24) is 10.2 Å². The molecule has 0 spiro atoms. The molecule has 1 aromatic heterocycles. The van der Waals surface area contributed by atoms with Crippen LogP contribution in [0.4, 0.5) is 0 Å². The lowest BCUT2D eigenvalue weighted by Crippen LogP contribution is -2.48. The van der Waals surface area contributed by atoms with E-state index in [1.54, 1.807) is 7.11 Å². The van der Waals surface area contributed by atoms with Gasteiger partial charge in [0.2, 0.25) is 0 Å². The summed E-state index contributed by atoms with van der Waals surface area (Å²) in [5.41, 5.74) is 0. The van der Waals surface area contributed by atoms with Crippen LogP contribution in [0.5, 0.6) is 5.75 Å². The van der Waals surface area contributed by atoms with Crippen LogP contribution in [0.25, 0.3) is 0 Å². The fraction of sp³-hybridized carbons (Fsp3) is 0.667. The third-order valence-electron chi connectivity index (χ3n) is 3.74. The Labute approximate surface area is 125 Å². The molecule has 1 aliphatic rings. The van der Waals surface area contributed by atoms with E-state index in [9.17, 15) is 4.79 Å². The van der Waals surface area contributed by atoms with Crippen LogP contribution in [0.3, 0.4) is 0 Å². The largest absolute Gasteiger partial charge is 0.496 e. The van der Waals surface area contributed by atoms with E-state index in [2.05, 4.69) is 19.2 Å². The second-order valence-electron chi connectivity index (χ2n) is 5.55. The molecule has 1 fully saturated rings. The first-order valence-corrected chi connectivity index (χ1v) is 8.16. The minimum absolute atomic E-state index is 0.112. The maximum absolute atomic E-state index is 12.6. The fourth-order valence-electron chi connectivity index (χ4n) is 2.53. The van der Waals surface area contributed by atoms with Gasteiger partial charge in [-0.25, -0.2) is 0 Å². The van der Waals surface area contributed by atoms with E-state index in [-0.39, 0.29) is 11.9 Å². The molecule has 0 saturated carbocycles. The highest BCUT2D eigenvalue weighted by Crippen LogP contribution is 2.23. The van der Waals surface area contributed by atoms with Crippen molar-refractivity contribution in [2.24, 2.45) is 0 Å². The molecule has 0 aromatic carbocycles. The average Bonchev–Trinajstić information content (AvgIpc) is 2.94. The first-order valence-electron chi connectivity index (χ1n) is 7.28. The topological polar surface area (TPSA) is 41.6 Å². The van der Waals surface area contributed by atoms with Crippen molar-refractivity contribution in [3.63, 3.8) is 0 Å². The van der Waals surface area contributed by atoms with Crippen molar-refractivity contribution < 1.29 is 9.53 Å². The van der Waals surface area contributed by atoms with E-state index in [4.69, 9.17) is 4.74 Å². The molecular weight excluding hydrogens is 272 g/mol. The first-order chi connectivity index (χ1) is 9.61. The molecule has 2 rings (SSSR count). The van der Waals surface area contributed by atoms with Crippen molar-refractivity contribution in [2.45, 2.75) is 45.2 Å². The van der Waals surface area contributed by atoms with Gasteiger partial charge in [-0.1, -0.05) is 6.42 Å². The number of nitrogens with one attached hydrogen (secondary N) is 1. The number of carbonyl (C=O) groups excluding carboxylic acids is 1. The molecule has 0 bridgehead atoms. The summed E-state index contributed by atoms with van der Waals surface area (Å²) >= 11 is 1.45. The Balaban J connectivity index is 2.04. The summed E-state index contributed by atoms with van der Waals surface area (Å²) in [6.07, 6.45) is 3.66. The van der Waals surface area contributed by atoms with E-state index in [0.29, 0.717) is 6.04 Å². The van der Waals surface area contributed by atoms with Crippen LogP contribution >= 0.6 is 11.3 Å². The number of hydrogen-bond acceptors (Lipinski definition) is 4. The fourth-order valence-corrected chi connectivity index (χ4v) is 3.33. The highest BCUT2D eigenvalue weighted by atomic mass is 32.1. The van der Waals surface area contributed by atoms with Gasteiger partial charge in [-0.05, 0) is 33.2 Å². The molecule has 1 atom stereocenters. The average molecular weight is 296 g/mol. The Bertz CT molecular complexity index is 439. The van der Waals surface area contributed by atoms with Crippen molar-refractivity contribution in [2.75, 3.05) is 20.2 Å². The normalized spacial score (nSPS) is 19.1. The summed E-state index contributed by atoms with van der Waals surface area (Å²) < 4.78 is 5.16. The summed E-state index contributed by atoms with van der Waals surface area (Å²) in [4.78, 5) is 15.4. The third kappa shape index (κ3) is 3.73. The van der Waals surface area contributed by atoms with Gasteiger partial charge >= 0.3 is 0 Å². The maximum Gasteiger partial charge on any atom is 0.264 e. The Morgan fingerprint density at radius 1 is 1.55 bits per heavy atom. The van der Waals surface area contributed by atoms with E-state index in [1.165, 1.54) is 24.2 Å². The number of ether oxygens (including phenoxy) is 1. The lowest BCUT2D eigenvalue weighted by atomic mass is 10.0. The zero-order valence-corrected chi connectivity index (χ0v) is 13.3. The molecule has 2 heterocycles. The highest BCUT2D eigenvalue weighted by molar-refractivity contribution is 7.12. The van der Waals surface area contributed by atoms with Crippen LogP contribution in [0.2, 0.25) is 0 Å². The SMILES string of the molecule is COc1csc(C(=O)N(CC2CCCCN2)C(C)C)c1. The molecule has 0 aliphatic carbocycles. The van der Waals surface area contributed by atoms with Crippen molar-refractivity contribution in [1.29, 1.82) is 0 Å². The molecular formula is C15H24N2O2S. The van der Waals surface area contributed by atoms with Crippen molar-refractivity contribution >= 4 is 17.2 Å². The van der Waals surface area contributed by atoms with Crippen LogP contribution < -0.4 is 10.1 Å². The van der Waals surface area contributed by atoms with Gasteiger partial charge < -0.3 is 15.0 Å². The standard InChI is InChI=1S/C15H24N2O2S/c1-11(2)17(9-12-6-4-5-7-16-12)15(18)14-8-13(19-3)10-20-14/h8,10-12,16H,4-7,9H2,1-3H3. The van der Waals surface area contributed by atoms with Crippen LogP contribution in [0, 0.1) is 0 Å². The molecule has 0 radical (unpaired) electrons. The molecule has 112 valence electrons. The lowest BCUT2D eigenvalue weighted by Gasteiger charge is -2.33. The van der Waals surface area contributed by atoms with Crippen molar-refractivity contribution in [3.8, 4) is 5.75 Å². The van der Waals surface area contributed by atoms with E-state index >= 15 is 0 Å². The predicted molar refractivity (Wildman–Crippen MR) is 82.7 cm³/mol. The summed E-state index contributed by atoms with van der Waals surface area (Å²) in [7, 11) is 1.63. The second-order valence-corrected chi connectivity index (χ2v) is 6.46. The van der Waals surface area contributed by atoms with Crippen molar-refractivity contribution in [3.05, 3.63) is 16.3 Å². The van der Waals surface area contributed by atoms with E-state index in [1.807, 2.05) is 16.3 Å². The van der Waals surface area contributed by atoms with Gasteiger partial charge in [0.15, 0.2) is 0 Å². The zero-order valence-electron chi connectivity index (χ0n) is 12.5. The lowest BCUT2D eigenvalue weighted by molar-refractivity contribution is 0.0681. The van der Waals surface area contributed by atoms with E-state index < -0.39 is 0 Å².